The molecular formula is C19H14ClF4N3O2. The number of rotatable bonds is 5. The van der Waals surface area contributed by atoms with Gasteiger partial charge in [-0.3, -0.25) is 0 Å². The first-order valence-electron chi connectivity index (χ1n) is 8.36. The number of ether oxygens (including phenoxy) is 1. The van der Waals surface area contributed by atoms with Crippen molar-refractivity contribution in [2.75, 3.05) is 6.54 Å². The van der Waals surface area contributed by atoms with Crippen LogP contribution < -0.4 is 10.1 Å². The third-order valence-electron chi connectivity index (χ3n) is 3.90. The molecule has 10 heteroatoms. The van der Waals surface area contributed by atoms with Crippen molar-refractivity contribution in [3.05, 3.63) is 76.8 Å². The van der Waals surface area contributed by atoms with Crippen LogP contribution in [0.2, 0.25) is 5.02 Å². The number of hydrogen-bond acceptors (Lipinski definition) is 3. The smallest absolute Gasteiger partial charge is 0.406 e. The van der Waals surface area contributed by atoms with E-state index in [1.54, 1.807) is 24.3 Å². The monoisotopic (exact) mass is 427 g/mol. The summed E-state index contributed by atoms with van der Waals surface area (Å²) in [6.45, 7) is 0.107. The van der Waals surface area contributed by atoms with Crippen LogP contribution in [0, 0.1) is 5.82 Å². The molecule has 0 atom stereocenters. The molecule has 1 aromatic heterocycles. The normalized spacial score (nSPS) is 11.3. The van der Waals surface area contributed by atoms with Gasteiger partial charge in [-0.2, -0.15) is 18.3 Å². The average Bonchev–Trinajstić information content (AvgIpc) is 3.08. The number of carbonyl (C=O) groups is 1. The minimum atomic E-state index is -4.86. The number of benzene rings is 2. The largest absolute Gasteiger partial charge is 0.437 e. The van der Waals surface area contributed by atoms with Gasteiger partial charge in [-0.25, -0.2) is 13.9 Å². The van der Waals surface area contributed by atoms with E-state index in [2.05, 4.69) is 10.4 Å². The Hall–Kier alpha value is -3.07. The van der Waals surface area contributed by atoms with Gasteiger partial charge in [-0.1, -0.05) is 29.8 Å². The molecule has 5 nitrogen and oxygen atoms in total. The molecule has 0 bridgehead atoms. The van der Waals surface area contributed by atoms with Crippen molar-refractivity contribution < 1.29 is 27.1 Å². The van der Waals surface area contributed by atoms with Crippen molar-refractivity contribution in [2.24, 2.45) is 0 Å². The predicted octanol–water partition coefficient (Wildman–Crippen LogP) is 5.01. The number of nitrogens with one attached hydrogen (secondary N) is 1. The summed E-state index contributed by atoms with van der Waals surface area (Å²) in [4.78, 5) is 11.9. The lowest BCUT2D eigenvalue weighted by Crippen LogP contribution is -2.29. The quantitative estimate of drug-likeness (QED) is 0.582. The highest BCUT2D eigenvalue weighted by Crippen LogP contribution is 2.37. The van der Waals surface area contributed by atoms with E-state index in [9.17, 15) is 22.4 Å². The standard InChI is InChI=1S/C19H14ClF4N3O2/c20-15-4-2-1-3-12(15)9-10-25-18(28)29-16-11-26-27(17(16)19(22,23)24)14-7-5-13(21)6-8-14/h1-8,11H,9-10H2,(H,25,28). The van der Waals surface area contributed by atoms with E-state index in [0.717, 1.165) is 36.0 Å². The molecule has 2 aromatic carbocycles. The minimum absolute atomic E-state index is 0.0345. The zero-order chi connectivity index (χ0) is 21.0. The Morgan fingerprint density at radius 3 is 2.48 bits per heavy atom. The summed E-state index contributed by atoms with van der Waals surface area (Å²) >= 11 is 6.01. The molecule has 1 heterocycles. The van der Waals surface area contributed by atoms with E-state index in [4.69, 9.17) is 16.3 Å². The van der Waals surface area contributed by atoms with Gasteiger partial charge < -0.3 is 10.1 Å². The Labute approximate surface area is 167 Å². The van der Waals surface area contributed by atoms with Crippen LogP contribution in [0.15, 0.2) is 54.7 Å². The van der Waals surface area contributed by atoms with E-state index in [1.165, 1.54) is 0 Å². The Bertz CT molecular complexity index is 1000. The van der Waals surface area contributed by atoms with Crippen molar-refractivity contribution in [3.63, 3.8) is 0 Å². The molecule has 0 saturated heterocycles. The molecule has 0 aliphatic heterocycles. The second-order valence-corrected chi connectivity index (χ2v) is 6.31. The van der Waals surface area contributed by atoms with E-state index >= 15 is 0 Å². The van der Waals surface area contributed by atoms with Crippen molar-refractivity contribution in [2.45, 2.75) is 12.6 Å². The van der Waals surface area contributed by atoms with Gasteiger partial charge in [0, 0.05) is 11.6 Å². The zero-order valence-electron chi connectivity index (χ0n) is 14.7. The third kappa shape index (κ3) is 5.05. The molecular weight excluding hydrogens is 414 g/mol. The second kappa shape index (κ2) is 8.52. The Morgan fingerprint density at radius 1 is 1.14 bits per heavy atom. The molecule has 3 aromatic rings. The van der Waals surface area contributed by atoms with E-state index < -0.39 is 29.5 Å². The molecule has 1 amide bonds. The lowest BCUT2D eigenvalue weighted by atomic mass is 10.1. The first-order valence-corrected chi connectivity index (χ1v) is 8.74. The van der Waals surface area contributed by atoms with Crippen LogP contribution in [0.5, 0.6) is 5.75 Å². The van der Waals surface area contributed by atoms with Gasteiger partial charge in [0.1, 0.15) is 5.82 Å². The number of carbonyl (C=O) groups excluding carboxylic acids is 1. The highest BCUT2D eigenvalue weighted by atomic mass is 35.5. The van der Waals surface area contributed by atoms with Crippen molar-refractivity contribution in [3.8, 4) is 11.4 Å². The maximum absolute atomic E-state index is 13.5. The fraction of sp³-hybridized carbons (Fsp3) is 0.158. The molecule has 3 rings (SSSR count). The van der Waals surface area contributed by atoms with Gasteiger partial charge in [-0.15, -0.1) is 0 Å². The predicted molar refractivity (Wildman–Crippen MR) is 97.7 cm³/mol. The number of halogens is 5. The number of amides is 1. The summed E-state index contributed by atoms with van der Waals surface area (Å²) in [7, 11) is 0. The Kier molecular flexibility index (Phi) is 6.07. The zero-order valence-corrected chi connectivity index (χ0v) is 15.5. The molecule has 0 aliphatic carbocycles. The van der Waals surface area contributed by atoms with Crippen LogP contribution in [0.1, 0.15) is 11.3 Å². The summed E-state index contributed by atoms with van der Waals surface area (Å²) in [6, 6.07) is 11.2. The fourth-order valence-corrected chi connectivity index (χ4v) is 2.81. The minimum Gasteiger partial charge on any atom is -0.406 e. The first kappa shape index (κ1) is 20.7. The summed E-state index contributed by atoms with van der Waals surface area (Å²) in [6.07, 6.45) is -4.78. The molecule has 0 spiro atoms. The molecule has 0 radical (unpaired) electrons. The SMILES string of the molecule is O=C(NCCc1ccccc1Cl)Oc1cnn(-c2ccc(F)cc2)c1C(F)(F)F. The summed E-state index contributed by atoms with van der Waals surface area (Å²) in [5.41, 5.74) is -0.548. The highest BCUT2D eigenvalue weighted by Gasteiger charge is 2.40. The number of alkyl halides is 3. The maximum atomic E-state index is 13.5. The van der Waals surface area contributed by atoms with Gasteiger partial charge in [0.05, 0.1) is 11.9 Å². The number of aromatic nitrogens is 2. The molecule has 1 N–H and O–H groups in total. The molecule has 29 heavy (non-hydrogen) atoms. The molecule has 0 unspecified atom stereocenters. The van der Waals surface area contributed by atoms with Crippen molar-refractivity contribution >= 4 is 17.7 Å². The second-order valence-electron chi connectivity index (χ2n) is 5.90. The fourth-order valence-electron chi connectivity index (χ4n) is 2.58. The maximum Gasteiger partial charge on any atom is 0.437 e. The lowest BCUT2D eigenvalue weighted by Gasteiger charge is -2.13. The molecule has 152 valence electrons. The van der Waals surface area contributed by atoms with Gasteiger partial charge in [0.15, 0.2) is 11.4 Å². The Morgan fingerprint density at radius 2 is 1.83 bits per heavy atom. The molecule has 0 fully saturated rings. The summed E-state index contributed by atoms with van der Waals surface area (Å²) in [5, 5.41) is 6.51. The molecule has 0 aliphatic rings. The number of nitrogens with zero attached hydrogens (tertiary/aromatic N) is 2. The van der Waals surface area contributed by atoms with Gasteiger partial charge in [-0.05, 0) is 42.3 Å². The van der Waals surface area contributed by atoms with Crippen LogP contribution in [0.25, 0.3) is 5.69 Å². The molecule has 0 saturated carbocycles. The van der Waals surface area contributed by atoms with Gasteiger partial charge in [0.25, 0.3) is 0 Å². The van der Waals surface area contributed by atoms with Crippen molar-refractivity contribution in [1.82, 2.24) is 15.1 Å². The lowest BCUT2D eigenvalue weighted by molar-refractivity contribution is -0.143. The summed E-state index contributed by atoms with van der Waals surface area (Å²) in [5.74, 6) is -1.37. The highest BCUT2D eigenvalue weighted by molar-refractivity contribution is 6.31. The number of hydrogen-bond donors (Lipinski definition) is 1. The Balaban J connectivity index is 1.72. The van der Waals surface area contributed by atoms with Gasteiger partial charge in [0.2, 0.25) is 0 Å². The van der Waals surface area contributed by atoms with Crippen LogP contribution >= 0.6 is 11.6 Å². The van der Waals surface area contributed by atoms with Crippen LogP contribution in [-0.4, -0.2) is 22.4 Å². The van der Waals surface area contributed by atoms with Crippen LogP contribution in [0.4, 0.5) is 22.4 Å². The summed E-state index contributed by atoms with van der Waals surface area (Å²) < 4.78 is 58.9. The van der Waals surface area contributed by atoms with Crippen LogP contribution in [0.3, 0.4) is 0 Å². The van der Waals surface area contributed by atoms with Crippen LogP contribution in [-0.2, 0) is 12.6 Å². The van der Waals surface area contributed by atoms with Crippen molar-refractivity contribution in [1.29, 1.82) is 0 Å². The van der Waals surface area contributed by atoms with E-state index in [0.29, 0.717) is 16.1 Å². The van der Waals surface area contributed by atoms with E-state index in [1.807, 2.05) is 0 Å². The topological polar surface area (TPSA) is 56.1 Å². The van der Waals surface area contributed by atoms with E-state index in [-0.39, 0.29) is 12.2 Å². The third-order valence-corrected chi connectivity index (χ3v) is 4.27. The van der Waals surface area contributed by atoms with Gasteiger partial charge >= 0.3 is 12.3 Å². The average molecular weight is 428 g/mol. The first-order chi connectivity index (χ1) is 13.8.